The van der Waals surface area contributed by atoms with Gasteiger partial charge in [-0.05, 0) is 25.1 Å². The Morgan fingerprint density at radius 3 is 2.17 bits per heavy atom. The summed E-state index contributed by atoms with van der Waals surface area (Å²) < 4.78 is 63.5. The van der Waals surface area contributed by atoms with E-state index in [9.17, 15) is 59.2 Å². The van der Waals surface area contributed by atoms with E-state index in [1.54, 1.807) is 0 Å². The van der Waals surface area contributed by atoms with Crippen LogP contribution in [-0.2, 0) is 28.8 Å². The Hall–Kier alpha value is -3.80. The fourth-order valence-electron chi connectivity index (χ4n) is 5.08. The Labute approximate surface area is 263 Å². The molecular formula is C27H30O19S. The summed E-state index contributed by atoms with van der Waals surface area (Å²) in [6.07, 6.45) is -18.2. The molecule has 0 saturated carbocycles. The Bertz CT molecular complexity index is 1790. The van der Waals surface area contributed by atoms with Gasteiger partial charge in [-0.1, -0.05) is 0 Å². The number of phenols is 4. The fourth-order valence-corrected chi connectivity index (χ4v) is 5.58. The number of benzene rings is 2. The SMILES string of the molecule is C[C@@H]1O[C@@H](OC[C@H]2O[C@@H](Oc3c(-c4ccc(O)c(O)c4)oc4cc(O)cc(O)c4c3=O)[C@H](O)[C@@H](O)[C@@H]2O)[C@H](O)[C@H](OS(=O)(=O)O)[C@H]1O. The number of aliphatic hydroxyl groups excluding tert-OH is 5. The first-order valence-electron chi connectivity index (χ1n) is 13.7. The van der Waals surface area contributed by atoms with Gasteiger partial charge < -0.3 is 69.3 Å². The molecule has 0 amide bonds. The van der Waals surface area contributed by atoms with Gasteiger partial charge >= 0.3 is 10.4 Å². The summed E-state index contributed by atoms with van der Waals surface area (Å²) in [7, 11) is -5.14. The normalized spacial score (nSPS) is 31.6. The topological polar surface area (TPSA) is 313 Å². The molecule has 0 spiro atoms. The van der Waals surface area contributed by atoms with Crippen molar-refractivity contribution in [2.75, 3.05) is 6.61 Å². The number of ether oxygens (including phenoxy) is 4. The number of phenolic OH excluding ortho intramolecular Hbond substituents is 4. The van der Waals surface area contributed by atoms with E-state index in [-0.39, 0.29) is 11.1 Å². The molecule has 258 valence electrons. The van der Waals surface area contributed by atoms with E-state index in [1.165, 1.54) is 13.0 Å². The molecule has 3 aromatic rings. The van der Waals surface area contributed by atoms with Crippen molar-refractivity contribution in [3.05, 3.63) is 40.6 Å². The lowest BCUT2D eigenvalue weighted by Gasteiger charge is -2.42. The smallest absolute Gasteiger partial charge is 0.397 e. The Kier molecular flexibility index (Phi) is 9.56. The molecule has 0 radical (unpaired) electrons. The zero-order chi connectivity index (χ0) is 34.5. The lowest BCUT2D eigenvalue weighted by molar-refractivity contribution is -0.316. The van der Waals surface area contributed by atoms with E-state index in [2.05, 4.69) is 4.18 Å². The van der Waals surface area contributed by atoms with E-state index in [0.717, 1.165) is 24.3 Å². The standard InChI is InChI=1S/C27H30O19S/c1-8-17(32)24(46-47(38,39)40)22(37)26(42-8)41-7-15-18(33)20(35)21(36)27(44-15)45-25-19(34)16-13(31)5-10(28)6-14(16)43-23(25)9-2-3-11(29)12(30)4-9/h2-6,8,15,17-18,20-22,24,26-33,35-37H,7H2,1H3,(H,38,39,40)/t8-,15+,17-,18+,20-,21+,22+,24+,26+,27-/m0/s1. The van der Waals surface area contributed by atoms with Crippen LogP contribution >= 0.6 is 0 Å². The summed E-state index contributed by atoms with van der Waals surface area (Å²) in [5, 5.41) is 92.2. The molecule has 5 rings (SSSR count). The summed E-state index contributed by atoms with van der Waals surface area (Å²) in [5.74, 6) is -3.60. The van der Waals surface area contributed by atoms with Crippen LogP contribution in [0.4, 0.5) is 0 Å². The molecule has 2 aliphatic rings. The molecular weight excluding hydrogens is 660 g/mol. The third kappa shape index (κ3) is 6.93. The number of fused-ring (bicyclic) bond motifs is 1. The van der Waals surface area contributed by atoms with E-state index in [1.807, 2.05) is 0 Å². The van der Waals surface area contributed by atoms with Crippen LogP contribution in [0, 0.1) is 0 Å². The van der Waals surface area contributed by atoms with Crippen molar-refractivity contribution in [1.82, 2.24) is 0 Å². The molecule has 2 saturated heterocycles. The van der Waals surface area contributed by atoms with Gasteiger partial charge in [0.25, 0.3) is 0 Å². The third-order valence-electron chi connectivity index (χ3n) is 7.50. The van der Waals surface area contributed by atoms with Gasteiger partial charge in [-0.2, -0.15) is 8.42 Å². The molecule has 2 aromatic carbocycles. The maximum atomic E-state index is 13.6. The Morgan fingerprint density at radius 1 is 0.809 bits per heavy atom. The average molecular weight is 691 g/mol. The van der Waals surface area contributed by atoms with Gasteiger partial charge in [-0.15, -0.1) is 0 Å². The summed E-state index contributed by atoms with van der Waals surface area (Å²) in [6, 6.07) is 5.06. The summed E-state index contributed by atoms with van der Waals surface area (Å²) in [6.45, 7) is 0.502. The molecule has 3 heterocycles. The van der Waals surface area contributed by atoms with E-state index < -0.39 is 124 Å². The van der Waals surface area contributed by atoms with Crippen molar-refractivity contribution in [1.29, 1.82) is 0 Å². The quantitative estimate of drug-likeness (QED) is 0.0915. The van der Waals surface area contributed by atoms with Crippen LogP contribution in [0.5, 0.6) is 28.7 Å². The average Bonchev–Trinajstić information content (AvgIpc) is 2.98. The molecule has 0 unspecified atom stereocenters. The maximum absolute atomic E-state index is 13.6. The van der Waals surface area contributed by atoms with Crippen molar-refractivity contribution in [3.8, 4) is 40.1 Å². The van der Waals surface area contributed by atoms with E-state index in [4.69, 9.17) is 27.9 Å². The lowest BCUT2D eigenvalue weighted by atomic mass is 9.98. The van der Waals surface area contributed by atoms with Crippen molar-refractivity contribution in [2.45, 2.75) is 68.3 Å². The molecule has 2 fully saturated rings. The van der Waals surface area contributed by atoms with Crippen LogP contribution < -0.4 is 10.2 Å². The highest BCUT2D eigenvalue weighted by Crippen LogP contribution is 2.39. The van der Waals surface area contributed by atoms with Gasteiger partial charge in [0, 0.05) is 17.7 Å². The zero-order valence-corrected chi connectivity index (χ0v) is 24.7. The predicted molar refractivity (Wildman–Crippen MR) is 151 cm³/mol. The number of aromatic hydroxyl groups is 4. The molecule has 10 atom stereocenters. The minimum absolute atomic E-state index is 0.0793. The third-order valence-corrected chi connectivity index (χ3v) is 7.96. The molecule has 19 nitrogen and oxygen atoms in total. The summed E-state index contributed by atoms with van der Waals surface area (Å²) >= 11 is 0. The van der Waals surface area contributed by atoms with Crippen LogP contribution in [-0.4, -0.2) is 127 Å². The van der Waals surface area contributed by atoms with E-state index >= 15 is 0 Å². The second kappa shape index (κ2) is 13.0. The fraction of sp³-hybridized carbons (Fsp3) is 0.444. The molecule has 10 N–H and O–H groups in total. The van der Waals surface area contributed by atoms with Crippen molar-refractivity contribution < 1.29 is 86.5 Å². The minimum Gasteiger partial charge on any atom is -0.508 e. The van der Waals surface area contributed by atoms with Crippen molar-refractivity contribution in [2.24, 2.45) is 0 Å². The van der Waals surface area contributed by atoms with Crippen LogP contribution in [0.1, 0.15) is 6.92 Å². The van der Waals surface area contributed by atoms with Gasteiger partial charge in [0.2, 0.25) is 17.5 Å². The van der Waals surface area contributed by atoms with Crippen LogP contribution in [0.3, 0.4) is 0 Å². The van der Waals surface area contributed by atoms with Crippen molar-refractivity contribution in [3.63, 3.8) is 0 Å². The number of rotatable bonds is 8. The highest BCUT2D eigenvalue weighted by atomic mass is 32.3. The Balaban J connectivity index is 1.45. The highest BCUT2D eigenvalue weighted by Gasteiger charge is 2.49. The van der Waals surface area contributed by atoms with Gasteiger partial charge in [-0.3, -0.25) is 9.35 Å². The molecule has 2 aliphatic heterocycles. The molecule has 0 aliphatic carbocycles. The zero-order valence-electron chi connectivity index (χ0n) is 23.9. The van der Waals surface area contributed by atoms with Gasteiger partial charge in [-0.25, -0.2) is 4.18 Å². The maximum Gasteiger partial charge on any atom is 0.397 e. The summed E-state index contributed by atoms with van der Waals surface area (Å²) in [4.78, 5) is 13.6. The van der Waals surface area contributed by atoms with Crippen LogP contribution in [0.25, 0.3) is 22.3 Å². The van der Waals surface area contributed by atoms with Gasteiger partial charge in [0.1, 0.15) is 65.2 Å². The number of hydrogen-bond donors (Lipinski definition) is 10. The summed E-state index contributed by atoms with van der Waals surface area (Å²) in [5.41, 5.74) is -1.49. The van der Waals surface area contributed by atoms with Crippen LogP contribution in [0.15, 0.2) is 39.5 Å². The van der Waals surface area contributed by atoms with Gasteiger partial charge in [0.15, 0.2) is 23.5 Å². The first kappa shape index (κ1) is 34.5. The van der Waals surface area contributed by atoms with Crippen LogP contribution in [0.2, 0.25) is 0 Å². The highest BCUT2D eigenvalue weighted by molar-refractivity contribution is 7.80. The number of hydrogen-bond acceptors (Lipinski definition) is 18. The minimum atomic E-state index is -5.14. The predicted octanol–water partition coefficient (Wildman–Crippen LogP) is -1.86. The molecule has 20 heteroatoms. The Morgan fingerprint density at radius 2 is 1.51 bits per heavy atom. The molecule has 0 bridgehead atoms. The van der Waals surface area contributed by atoms with Crippen molar-refractivity contribution >= 4 is 21.4 Å². The largest absolute Gasteiger partial charge is 0.508 e. The molecule has 47 heavy (non-hydrogen) atoms. The molecule has 1 aromatic heterocycles. The first-order chi connectivity index (χ1) is 22.0. The van der Waals surface area contributed by atoms with Gasteiger partial charge in [0.05, 0.1) is 12.7 Å². The number of aliphatic hydroxyl groups is 5. The lowest BCUT2D eigenvalue weighted by Crippen LogP contribution is -2.62. The first-order valence-corrected chi connectivity index (χ1v) is 15.0. The second-order valence-electron chi connectivity index (χ2n) is 10.8. The monoisotopic (exact) mass is 690 g/mol. The second-order valence-corrected chi connectivity index (χ2v) is 11.8. The van der Waals surface area contributed by atoms with E-state index in [0.29, 0.717) is 0 Å².